The average molecular weight is 260 g/mol. The second-order valence-corrected chi connectivity index (χ2v) is 4.15. The largest absolute Gasteiger partial charge is 0.497 e. The Morgan fingerprint density at radius 2 is 2.16 bits per heavy atom. The van der Waals surface area contributed by atoms with Gasteiger partial charge < -0.3 is 20.2 Å². The minimum Gasteiger partial charge on any atom is -0.497 e. The molecule has 1 heterocycles. The molecule has 0 saturated heterocycles. The number of aromatic nitrogens is 2. The Bertz CT molecular complexity index is 632. The van der Waals surface area contributed by atoms with Crippen LogP contribution >= 0.6 is 0 Å². The third kappa shape index (κ3) is 2.24. The number of oxime groups is 1. The molecule has 0 spiro atoms. The number of amidine groups is 1. The topological polar surface area (TPSA) is 85.7 Å². The Labute approximate surface area is 111 Å². The molecule has 0 saturated carbocycles. The van der Waals surface area contributed by atoms with E-state index in [1.807, 2.05) is 24.5 Å². The number of nitrogens with two attached hydrogens (primary N) is 1. The first-order valence-corrected chi connectivity index (χ1v) is 5.75. The van der Waals surface area contributed by atoms with Gasteiger partial charge in [0.25, 0.3) is 0 Å². The molecule has 6 heteroatoms. The number of ether oxygens (including phenoxy) is 1. The summed E-state index contributed by atoms with van der Waals surface area (Å²) < 4.78 is 7.09. The molecule has 0 unspecified atom stereocenters. The molecule has 0 fully saturated rings. The quantitative estimate of drug-likeness (QED) is 0.380. The lowest BCUT2D eigenvalue weighted by molar-refractivity contribution is 0.318. The van der Waals surface area contributed by atoms with Crippen molar-refractivity contribution >= 4 is 5.84 Å². The second-order valence-electron chi connectivity index (χ2n) is 4.15. The molecule has 2 rings (SSSR count). The summed E-state index contributed by atoms with van der Waals surface area (Å²) in [6.07, 6.45) is 1.70. The summed E-state index contributed by atoms with van der Waals surface area (Å²) in [5.74, 6) is 0.735. The predicted octanol–water partition coefficient (Wildman–Crippen LogP) is 1.59. The normalized spacial score (nSPS) is 11.6. The number of imidazole rings is 1. The number of benzene rings is 1. The summed E-state index contributed by atoms with van der Waals surface area (Å²) in [5, 5.41) is 11.9. The smallest absolute Gasteiger partial charge is 0.172 e. The summed E-state index contributed by atoms with van der Waals surface area (Å²) in [5.41, 5.74) is 8.99. The Hall–Kier alpha value is -2.50. The van der Waals surface area contributed by atoms with Crippen LogP contribution in [-0.4, -0.2) is 27.7 Å². The van der Waals surface area contributed by atoms with Gasteiger partial charge in [-0.25, -0.2) is 4.98 Å². The highest BCUT2D eigenvalue weighted by Crippen LogP contribution is 2.23. The lowest BCUT2D eigenvalue weighted by atomic mass is 10.1. The van der Waals surface area contributed by atoms with Crippen molar-refractivity contribution in [2.24, 2.45) is 10.9 Å². The summed E-state index contributed by atoms with van der Waals surface area (Å²) in [6.45, 7) is 3.88. The van der Waals surface area contributed by atoms with E-state index in [0.29, 0.717) is 11.3 Å². The number of nitrogens with zero attached hydrogens (tertiary/aromatic N) is 3. The number of hydrogen-bond acceptors (Lipinski definition) is 4. The van der Waals surface area contributed by atoms with E-state index in [-0.39, 0.29) is 5.84 Å². The van der Waals surface area contributed by atoms with Crippen molar-refractivity contribution < 1.29 is 9.94 Å². The number of aryl methyl sites for hydroxylation is 1. The average Bonchev–Trinajstić information content (AvgIpc) is 2.77. The highest BCUT2D eigenvalue weighted by atomic mass is 16.5. The zero-order valence-corrected chi connectivity index (χ0v) is 11.1. The molecule has 0 aliphatic carbocycles. The zero-order valence-electron chi connectivity index (χ0n) is 11.1. The third-order valence-electron chi connectivity index (χ3n) is 3.10. The van der Waals surface area contributed by atoms with E-state index in [2.05, 4.69) is 10.1 Å². The molecule has 1 aromatic heterocycles. The first kappa shape index (κ1) is 12.9. The molecule has 0 bridgehead atoms. The molecule has 0 radical (unpaired) electrons. The minimum atomic E-state index is 0.0448. The lowest BCUT2D eigenvalue weighted by Crippen LogP contribution is -2.16. The Morgan fingerprint density at radius 3 is 2.68 bits per heavy atom. The molecule has 100 valence electrons. The van der Waals surface area contributed by atoms with Gasteiger partial charge in [0.15, 0.2) is 5.84 Å². The van der Waals surface area contributed by atoms with Crippen LogP contribution in [0.4, 0.5) is 0 Å². The van der Waals surface area contributed by atoms with Crippen molar-refractivity contribution in [3.63, 3.8) is 0 Å². The summed E-state index contributed by atoms with van der Waals surface area (Å²) in [6, 6.07) is 5.33. The predicted molar refractivity (Wildman–Crippen MR) is 72.1 cm³/mol. The first-order valence-electron chi connectivity index (χ1n) is 5.75. The molecule has 0 aliphatic heterocycles. The highest BCUT2D eigenvalue weighted by molar-refractivity contribution is 6.00. The van der Waals surface area contributed by atoms with Crippen molar-refractivity contribution in [3.05, 3.63) is 41.5 Å². The van der Waals surface area contributed by atoms with E-state index in [1.54, 1.807) is 25.6 Å². The SMILES string of the molecule is COc1ccc(/C(N)=N/O)c(-n2cnc(C)c2C)c1. The molecule has 3 N–H and O–H groups in total. The van der Waals surface area contributed by atoms with Gasteiger partial charge in [0.2, 0.25) is 0 Å². The van der Waals surface area contributed by atoms with Crippen LogP contribution in [0.5, 0.6) is 5.75 Å². The van der Waals surface area contributed by atoms with Crippen LogP contribution in [0.15, 0.2) is 29.7 Å². The summed E-state index contributed by atoms with van der Waals surface area (Å²) in [4.78, 5) is 4.25. The number of methoxy groups -OCH3 is 1. The number of hydrogen-bond donors (Lipinski definition) is 2. The van der Waals surface area contributed by atoms with Crippen LogP contribution in [0, 0.1) is 13.8 Å². The Kier molecular flexibility index (Phi) is 3.41. The van der Waals surface area contributed by atoms with Gasteiger partial charge in [-0.2, -0.15) is 0 Å². The minimum absolute atomic E-state index is 0.0448. The molecule has 6 nitrogen and oxygen atoms in total. The van der Waals surface area contributed by atoms with Crippen molar-refractivity contribution in [2.75, 3.05) is 7.11 Å². The van der Waals surface area contributed by atoms with Gasteiger partial charge in [-0.15, -0.1) is 0 Å². The lowest BCUT2D eigenvalue weighted by Gasteiger charge is -2.12. The van der Waals surface area contributed by atoms with E-state index in [9.17, 15) is 0 Å². The monoisotopic (exact) mass is 260 g/mol. The van der Waals surface area contributed by atoms with Crippen LogP contribution in [-0.2, 0) is 0 Å². The fourth-order valence-corrected chi connectivity index (χ4v) is 1.85. The molecule has 0 aliphatic rings. The maximum Gasteiger partial charge on any atom is 0.172 e. The van der Waals surface area contributed by atoms with Crippen molar-refractivity contribution in [1.29, 1.82) is 0 Å². The molecule has 2 aromatic rings. The van der Waals surface area contributed by atoms with Gasteiger partial charge in [0.05, 0.1) is 24.8 Å². The molecular weight excluding hydrogens is 244 g/mol. The fourth-order valence-electron chi connectivity index (χ4n) is 1.85. The second kappa shape index (κ2) is 5.01. The molecule has 0 atom stereocenters. The summed E-state index contributed by atoms with van der Waals surface area (Å²) in [7, 11) is 1.59. The molecule has 0 amide bonds. The van der Waals surface area contributed by atoms with Crippen molar-refractivity contribution in [1.82, 2.24) is 9.55 Å². The van der Waals surface area contributed by atoms with Crippen molar-refractivity contribution in [2.45, 2.75) is 13.8 Å². The number of rotatable bonds is 3. The molecule has 1 aromatic carbocycles. The van der Waals surface area contributed by atoms with Crippen LogP contribution in [0.2, 0.25) is 0 Å². The van der Waals surface area contributed by atoms with Crippen molar-refractivity contribution in [3.8, 4) is 11.4 Å². The fraction of sp³-hybridized carbons (Fsp3) is 0.231. The van der Waals surface area contributed by atoms with Crippen LogP contribution in [0.25, 0.3) is 5.69 Å². The van der Waals surface area contributed by atoms with Gasteiger partial charge in [-0.1, -0.05) is 5.16 Å². The zero-order chi connectivity index (χ0) is 14.0. The third-order valence-corrected chi connectivity index (χ3v) is 3.10. The van der Waals surface area contributed by atoms with Crippen LogP contribution in [0.3, 0.4) is 0 Å². The maximum absolute atomic E-state index is 8.87. The maximum atomic E-state index is 8.87. The standard InChI is InChI=1S/C13H16N4O2/c1-8-9(2)17(7-15-8)12-6-10(19-3)4-5-11(12)13(14)16-18/h4-7,18H,1-3H3,(H2,14,16). The van der Waals surface area contributed by atoms with Gasteiger partial charge in [-0.3, -0.25) is 0 Å². The van der Waals surface area contributed by atoms with Gasteiger partial charge in [0, 0.05) is 17.3 Å². The molecular formula is C13H16N4O2. The van der Waals surface area contributed by atoms with Crippen LogP contribution in [0.1, 0.15) is 17.0 Å². The van der Waals surface area contributed by atoms with Gasteiger partial charge in [-0.05, 0) is 26.0 Å². The van der Waals surface area contributed by atoms with Crippen LogP contribution < -0.4 is 10.5 Å². The summed E-state index contributed by atoms with van der Waals surface area (Å²) >= 11 is 0. The Morgan fingerprint density at radius 1 is 1.42 bits per heavy atom. The van der Waals surface area contributed by atoms with E-state index in [1.165, 1.54) is 0 Å². The van der Waals surface area contributed by atoms with E-state index >= 15 is 0 Å². The van der Waals surface area contributed by atoms with Gasteiger partial charge in [0.1, 0.15) is 5.75 Å². The highest BCUT2D eigenvalue weighted by Gasteiger charge is 2.13. The van der Waals surface area contributed by atoms with Gasteiger partial charge >= 0.3 is 0 Å². The first-order chi connectivity index (χ1) is 9.08. The van der Waals surface area contributed by atoms with E-state index < -0.39 is 0 Å². The van der Waals surface area contributed by atoms with E-state index in [0.717, 1.165) is 17.1 Å². The van der Waals surface area contributed by atoms with E-state index in [4.69, 9.17) is 15.7 Å². The Balaban J connectivity index is 2.68. The molecule has 19 heavy (non-hydrogen) atoms.